The molecule has 0 spiro atoms. The van der Waals surface area contributed by atoms with Crippen molar-refractivity contribution in [3.05, 3.63) is 53.2 Å². The van der Waals surface area contributed by atoms with E-state index in [2.05, 4.69) is 9.97 Å². The summed E-state index contributed by atoms with van der Waals surface area (Å²) in [6, 6.07) is 6.86. The number of halogens is 1. The van der Waals surface area contributed by atoms with E-state index >= 15 is 0 Å². The summed E-state index contributed by atoms with van der Waals surface area (Å²) in [7, 11) is 1.59. The van der Waals surface area contributed by atoms with Crippen LogP contribution in [-0.4, -0.2) is 27.8 Å². The molecule has 6 heteroatoms. The second-order valence-electron chi connectivity index (χ2n) is 4.49. The SMILES string of the molecule is Cc1cccc(CN(C)C(=O)c2ccnc(N)c2F)n1. The van der Waals surface area contributed by atoms with Gasteiger partial charge < -0.3 is 10.6 Å². The van der Waals surface area contributed by atoms with E-state index in [-0.39, 0.29) is 11.4 Å². The van der Waals surface area contributed by atoms with E-state index in [1.807, 2.05) is 25.1 Å². The average molecular weight is 274 g/mol. The zero-order chi connectivity index (χ0) is 14.7. The van der Waals surface area contributed by atoms with Crippen molar-refractivity contribution in [2.75, 3.05) is 12.8 Å². The lowest BCUT2D eigenvalue weighted by Gasteiger charge is -2.17. The molecular formula is C14H15FN4O. The van der Waals surface area contributed by atoms with E-state index in [4.69, 9.17) is 5.73 Å². The molecule has 2 N–H and O–H groups in total. The Balaban J connectivity index is 2.19. The van der Waals surface area contributed by atoms with Crippen LogP contribution in [0.1, 0.15) is 21.7 Å². The van der Waals surface area contributed by atoms with Gasteiger partial charge in [0.1, 0.15) is 0 Å². The number of nitrogens with zero attached hydrogens (tertiary/aromatic N) is 3. The monoisotopic (exact) mass is 274 g/mol. The minimum Gasteiger partial charge on any atom is -0.381 e. The summed E-state index contributed by atoms with van der Waals surface area (Å²) in [5.41, 5.74) is 6.87. The van der Waals surface area contributed by atoms with Crippen molar-refractivity contribution in [1.82, 2.24) is 14.9 Å². The van der Waals surface area contributed by atoms with Crippen LogP contribution >= 0.6 is 0 Å². The highest BCUT2D eigenvalue weighted by Crippen LogP contribution is 2.14. The Morgan fingerprint density at radius 2 is 2.15 bits per heavy atom. The van der Waals surface area contributed by atoms with Crippen molar-refractivity contribution in [3.63, 3.8) is 0 Å². The first-order chi connectivity index (χ1) is 9.49. The Hall–Kier alpha value is -2.50. The fourth-order valence-electron chi connectivity index (χ4n) is 1.83. The van der Waals surface area contributed by atoms with Crippen molar-refractivity contribution in [2.24, 2.45) is 0 Å². The molecule has 20 heavy (non-hydrogen) atoms. The van der Waals surface area contributed by atoms with Crippen LogP contribution in [-0.2, 0) is 6.54 Å². The van der Waals surface area contributed by atoms with Gasteiger partial charge in [0.25, 0.3) is 5.91 Å². The lowest BCUT2D eigenvalue weighted by Crippen LogP contribution is -2.27. The number of carbonyl (C=O) groups is 1. The van der Waals surface area contributed by atoms with E-state index in [1.165, 1.54) is 17.2 Å². The predicted molar refractivity (Wildman–Crippen MR) is 73.4 cm³/mol. The van der Waals surface area contributed by atoms with Crippen molar-refractivity contribution >= 4 is 11.7 Å². The van der Waals surface area contributed by atoms with Crippen LogP contribution in [0, 0.1) is 12.7 Å². The molecule has 2 heterocycles. The lowest BCUT2D eigenvalue weighted by molar-refractivity contribution is 0.0778. The molecule has 2 rings (SSSR count). The Kier molecular flexibility index (Phi) is 3.93. The normalized spacial score (nSPS) is 10.3. The van der Waals surface area contributed by atoms with Crippen LogP contribution in [0.25, 0.3) is 0 Å². The highest BCUT2D eigenvalue weighted by molar-refractivity contribution is 5.94. The lowest BCUT2D eigenvalue weighted by atomic mass is 10.2. The molecule has 5 nitrogen and oxygen atoms in total. The fraction of sp³-hybridized carbons (Fsp3) is 0.214. The minimum absolute atomic E-state index is 0.0901. The standard InChI is InChI=1S/C14H15FN4O/c1-9-4-3-5-10(18-9)8-19(2)14(20)11-6-7-17-13(16)12(11)15/h3-7H,8H2,1-2H3,(H2,16,17). The number of amides is 1. The first kappa shape index (κ1) is 13.9. The van der Waals surface area contributed by atoms with Crippen molar-refractivity contribution in [1.29, 1.82) is 0 Å². The third-order valence-electron chi connectivity index (χ3n) is 2.84. The molecule has 0 saturated heterocycles. The number of aryl methyl sites for hydroxylation is 1. The number of hydrogen-bond acceptors (Lipinski definition) is 4. The highest BCUT2D eigenvalue weighted by Gasteiger charge is 2.18. The number of nitrogens with two attached hydrogens (primary N) is 1. The van der Waals surface area contributed by atoms with Gasteiger partial charge in [0.15, 0.2) is 11.6 Å². The van der Waals surface area contributed by atoms with Crippen molar-refractivity contribution in [3.8, 4) is 0 Å². The second kappa shape index (κ2) is 5.64. The van der Waals surface area contributed by atoms with Gasteiger partial charge in [-0.05, 0) is 25.1 Å². The number of aromatic nitrogens is 2. The van der Waals surface area contributed by atoms with Crippen molar-refractivity contribution < 1.29 is 9.18 Å². The molecule has 0 radical (unpaired) electrons. The Morgan fingerprint density at radius 3 is 2.85 bits per heavy atom. The molecule has 0 atom stereocenters. The number of carbonyl (C=O) groups excluding carboxylic acids is 1. The molecule has 0 aromatic carbocycles. The van der Waals surface area contributed by atoms with Gasteiger partial charge in [-0.3, -0.25) is 9.78 Å². The number of hydrogen-bond donors (Lipinski definition) is 1. The predicted octanol–water partition coefficient (Wildman–Crippen LogP) is 1.78. The average Bonchev–Trinajstić information content (AvgIpc) is 2.41. The van der Waals surface area contributed by atoms with E-state index < -0.39 is 11.7 Å². The third-order valence-corrected chi connectivity index (χ3v) is 2.84. The molecule has 0 aliphatic rings. The Morgan fingerprint density at radius 1 is 1.40 bits per heavy atom. The molecule has 0 bridgehead atoms. The maximum Gasteiger partial charge on any atom is 0.257 e. The Bertz CT molecular complexity index is 645. The van der Waals surface area contributed by atoms with Crippen LogP contribution in [0.15, 0.2) is 30.5 Å². The molecule has 0 aliphatic heterocycles. The molecule has 0 fully saturated rings. The highest BCUT2D eigenvalue weighted by atomic mass is 19.1. The Labute approximate surface area is 116 Å². The number of nitrogen functional groups attached to an aromatic ring is 1. The summed E-state index contributed by atoms with van der Waals surface area (Å²) in [6.07, 6.45) is 1.31. The summed E-state index contributed by atoms with van der Waals surface area (Å²) < 4.78 is 13.8. The van der Waals surface area contributed by atoms with Gasteiger partial charge in [-0.25, -0.2) is 9.37 Å². The maximum atomic E-state index is 13.8. The van der Waals surface area contributed by atoms with E-state index in [0.717, 1.165) is 11.4 Å². The number of pyridine rings is 2. The number of anilines is 1. The van der Waals surface area contributed by atoms with Gasteiger partial charge in [-0.1, -0.05) is 6.07 Å². The molecule has 104 valence electrons. The third kappa shape index (κ3) is 2.90. The smallest absolute Gasteiger partial charge is 0.257 e. The molecule has 0 aliphatic carbocycles. The molecule has 0 saturated carbocycles. The van der Waals surface area contributed by atoms with Gasteiger partial charge in [-0.15, -0.1) is 0 Å². The molecule has 1 amide bonds. The first-order valence-electron chi connectivity index (χ1n) is 6.07. The van der Waals surface area contributed by atoms with Crippen LogP contribution < -0.4 is 5.73 Å². The van der Waals surface area contributed by atoms with Crippen LogP contribution in [0.4, 0.5) is 10.2 Å². The first-order valence-corrected chi connectivity index (χ1v) is 6.07. The zero-order valence-electron chi connectivity index (χ0n) is 11.3. The van der Waals surface area contributed by atoms with E-state index in [0.29, 0.717) is 6.54 Å². The van der Waals surface area contributed by atoms with Gasteiger partial charge in [0.05, 0.1) is 17.8 Å². The summed E-state index contributed by atoms with van der Waals surface area (Å²) in [4.78, 5) is 21.5. The summed E-state index contributed by atoms with van der Waals surface area (Å²) in [6.45, 7) is 2.16. The molecule has 0 unspecified atom stereocenters. The van der Waals surface area contributed by atoms with E-state index in [9.17, 15) is 9.18 Å². The van der Waals surface area contributed by atoms with Crippen molar-refractivity contribution in [2.45, 2.75) is 13.5 Å². The van der Waals surface area contributed by atoms with Gasteiger partial charge in [0.2, 0.25) is 0 Å². The fourth-order valence-corrected chi connectivity index (χ4v) is 1.83. The topological polar surface area (TPSA) is 72.1 Å². The molecule has 2 aromatic heterocycles. The second-order valence-corrected chi connectivity index (χ2v) is 4.49. The van der Waals surface area contributed by atoms with Crippen LogP contribution in [0.3, 0.4) is 0 Å². The maximum absolute atomic E-state index is 13.8. The number of rotatable bonds is 3. The van der Waals surface area contributed by atoms with Gasteiger partial charge >= 0.3 is 0 Å². The van der Waals surface area contributed by atoms with Gasteiger partial charge in [-0.2, -0.15) is 0 Å². The van der Waals surface area contributed by atoms with Crippen LogP contribution in [0.2, 0.25) is 0 Å². The zero-order valence-corrected chi connectivity index (χ0v) is 11.3. The largest absolute Gasteiger partial charge is 0.381 e. The summed E-state index contributed by atoms with van der Waals surface area (Å²) >= 11 is 0. The quantitative estimate of drug-likeness (QED) is 0.926. The molecular weight excluding hydrogens is 259 g/mol. The molecule has 2 aromatic rings. The van der Waals surface area contributed by atoms with E-state index in [1.54, 1.807) is 7.05 Å². The minimum atomic E-state index is -0.790. The summed E-state index contributed by atoms with van der Waals surface area (Å²) in [5, 5.41) is 0. The van der Waals surface area contributed by atoms with Crippen LogP contribution in [0.5, 0.6) is 0 Å². The summed E-state index contributed by atoms with van der Waals surface area (Å²) in [5.74, 6) is -1.53. The van der Waals surface area contributed by atoms with Gasteiger partial charge in [0, 0.05) is 18.9 Å².